The first kappa shape index (κ1) is 17.1. The molecule has 2 nitrogen and oxygen atoms in total. The molecule has 0 unspecified atom stereocenters. The van der Waals surface area contributed by atoms with E-state index >= 15 is 0 Å². The Bertz CT molecular complexity index is 524. The molecule has 1 heterocycles. The maximum absolute atomic E-state index is 12.9. The highest BCUT2D eigenvalue weighted by atomic mass is 32.2. The predicted octanol–water partition coefficient (Wildman–Crippen LogP) is 4.73. The van der Waals surface area contributed by atoms with Gasteiger partial charge in [0.1, 0.15) is 18.2 Å². The lowest BCUT2D eigenvalue weighted by atomic mass is 10.2. The lowest BCUT2D eigenvalue weighted by Crippen LogP contribution is -2.29. The molecule has 0 amide bonds. The summed E-state index contributed by atoms with van der Waals surface area (Å²) in [6.45, 7) is 7.87. The first-order valence-corrected chi connectivity index (χ1v) is 8.69. The monoisotopic (exact) mass is 321 g/mol. The van der Waals surface area contributed by atoms with Gasteiger partial charge in [0.15, 0.2) is 0 Å². The summed E-state index contributed by atoms with van der Waals surface area (Å²) in [5.41, 5.74) is 0.906. The Labute approximate surface area is 136 Å². The van der Waals surface area contributed by atoms with Gasteiger partial charge >= 0.3 is 0 Å². The Morgan fingerprint density at radius 3 is 2.91 bits per heavy atom. The normalized spacial score (nSPS) is 16.5. The molecule has 120 valence electrons. The van der Waals surface area contributed by atoms with Gasteiger partial charge < -0.3 is 10.1 Å². The lowest BCUT2D eigenvalue weighted by molar-refractivity contribution is 0.347. The number of rotatable bonds is 7. The molecule has 0 aromatic heterocycles. The van der Waals surface area contributed by atoms with E-state index in [2.05, 4.69) is 24.0 Å². The molecule has 0 saturated carbocycles. The van der Waals surface area contributed by atoms with E-state index in [0.717, 1.165) is 30.8 Å². The number of allylic oxidation sites excluding steroid dienone is 2. The van der Waals surface area contributed by atoms with Crippen LogP contribution in [0.3, 0.4) is 0 Å². The van der Waals surface area contributed by atoms with Gasteiger partial charge in [-0.3, -0.25) is 0 Å². The Kier molecular flexibility index (Phi) is 7.00. The zero-order valence-corrected chi connectivity index (χ0v) is 13.9. The number of piperidine rings is 1. The molecule has 1 aromatic rings. The smallest absolute Gasteiger partial charge is 0.120 e. The Morgan fingerprint density at radius 1 is 1.45 bits per heavy atom. The standard InChI is InChI=1S/C18H24FNOS/c1-3-15(11-14(2)19)13-21-16-5-4-6-18(12-16)22-17-7-9-20-10-8-17/h4-6,11-12,17,20H,2-3,7-10,13H2,1H3/b15-11+. The summed E-state index contributed by atoms with van der Waals surface area (Å²) >= 11 is 1.92. The largest absolute Gasteiger partial charge is 0.489 e. The van der Waals surface area contributed by atoms with Crippen LogP contribution in [-0.4, -0.2) is 24.9 Å². The quantitative estimate of drug-likeness (QED) is 0.734. The van der Waals surface area contributed by atoms with Crippen molar-refractivity contribution in [2.75, 3.05) is 19.7 Å². The molecular weight excluding hydrogens is 297 g/mol. The molecule has 0 radical (unpaired) electrons. The molecule has 0 aliphatic carbocycles. The van der Waals surface area contributed by atoms with Gasteiger partial charge in [-0.1, -0.05) is 19.6 Å². The highest BCUT2D eigenvalue weighted by Gasteiger charge is 2.14. The molecule has 0 atom stereocenters. The number of hydrogen-bond donors (Lipinski definition) is 1. The average Bonchev–Trinajstić information content (AvgIpc) is 2.52. The van der Waals surface area contributed by atoms with Crippen molar-refractivity contribution in [2.45, 2.75) is 36.3 Å². The summed E-state index contributed by atoms with van der Waals surface area (Å²) in [6.07, 6.45) is 4.62. The first-order chi connectivity index (χ1) is 10.7. The molecule has 1 fully saturated rings. The van der Waals surface area contributed by atoms with Crippen LogP contribution in [0.15, 0.2) is 53.2 Å². The van der Waals surface area contributed by atoms with Gasteiger partial charge in [0.25, 0.3) is 0 Å². The fourth-order valence-electron chi connectivity index (χ4n) is 2.39. The molecular formula is C18H24FNOS. The summed E-state index contributed by atoms with van der Waals surface area (Å²) < 4.78 is 18.6. The van der Waals surface area contributed by atoms with Crippen molar-refractivity contribution in [1.29, 1.82) is 0 Å². The van der Waals surface area contributed by atoms with Crippen molar-refractivity contribution in [3.8, 4) is 5.75 Å². The van der Waals surface area contributed by atoms with Gasteiger partial charge in [-0.25, -0.2) is 4.39 Å². The zero-order chi connectivity index (χ0) is 15.8. The summed E-state index contributed by atoms with van der Waals surface area (Å²) in [5, 5.41) is 4.06. The summed E-state index contributed by atoms with van der Waals surface area (Å²) in [4.78, 5) is 1.24. The van der Waals surface area contributed by atoms with Gasteiger partial charge in [-0.05, 0) is 62.2 Å². The number of thioether (sulfide) groups is 1. The minimum Gasteiger partial charge on any atom is -0.489 e. The topological polar surface area (TPSA) is 21.3 Å². The van der Waals surface area contributed by atoms with Crippen LogP contribution in [0.4, 0.5) is 4.39 Å². The van der Waals surface area contributed by atoms with E-state index in [1.54, 1.807) is 0 Å². The molecule has 1 aromatic carbocycles. The van der Waals surface area contributed by atoms with Crippen molar-refractivity contribution >= 4 is 11.8 Å². The van der Waals surface area contributed by atoms with Crippen LogP contribution in [0, 0.1) is 0 Å². The second-order valence-electron chi connectivity index (χ2n) is 5.43. The van der Waals surface area contributed by atoms with Gasteiger partial charge in [0.2, 0.25) is 0 Å². The summed E-state index contributed by atoms with van der Waals surface area (Å²) in [7, 11) is 0. The highest BCUT2D eigenvalue weighted by molar-refractivity contribution is 8.00. The Balaban J connectivity index is 1.91. The fourth-order valence-corrected chi connectivity index (χ4v) is 3.58. The van der Waals surface area contributed by atoms with E-state index in [1.165, 1.54) is 23.8 Å². The van der Waals surface area contributed by atoms with E-state index < -0.39 is 5.83 Å². The molecule has 0 spiro atoms. The fraction of sp³-hybridized carbons (Fsp3) is 0.444. The van der Waals surface area contributed by atoms with Crippen LogP contribution in [0.5, 0.6) is 5.75 Å². The van der Waals surface area contributed by atoms with Crippen molar-refractivity contribution in [2.24, 2.45) is 0 Å². The van der Waals surface area contributed by atoms with Crippen molar-refractivity contribution in [1.82, 2.24) is 5.32 Å². The van der Waals surface area contributed by atoms with Crippen molar-refractivity contribution < 1.29 is 9.13 Å². The van der Waals surface area contributed by atoms with E-state index in [4.69, 9.17) is 4.74 Å². The average molecular weight is 321 g/mol. The number of benzene rings is 1. The molecule has 1 N–H and O–H groups in total. The van der Waals surface area contributed by atoms with Crippen LogP contribution in [0.2, 0.25) is 0 Å². The van der Waals surface area contributed by atoms with Crippen LogP contribution < -0.4 is 10.1 Å². The number of halogens is 1. The second kappa shape index (κ2) is 9.01. The molecule has 22 heavy (non-hydrogen) atoms. The van der Waals surface area contributed by atoms with Gasteiger partial charge in [0, 0.05) is 10.1 Å². The van der Waals surface area contributed by atoms with Crippen LogP contribution in [-0.2, 0) is 0 Å². The van der Waals surface area contributed by atoms with Crippen LogP contribution in [0.25, 0.3) is 0 Å². The SMILES string of the molecule is C=C(F)/C=C(\CC)COc1cccc(SC2CCNCC2)c1. The minimum atomic E-state index is -0.421. The molecule has 1 saturated heterocycles. The number of nitrogens with one attached hydrogen (secondary N) is 1. The van der Waals surface area contributed by atoms with Gasteiger partial charge in [0.05, 0.1) is 0 Å². The summed E-state index contributed by atoms with van der Waals surface area (Å²) in [5.74, 6) is 0.415. The van der Waals surface area contributed by atoms with E-state index in [9.17, 15) is 4.39 Å². The van der Waals surface area contributed by atoms with Crippen molar-refractivity contribution in [3.05, 3.63) is 48.3 Å². The number of ether oxygens (including phenoxy) is 1. The molecule has 1 aliphatic heterocycles. The zero-order valence-electron chi connectivity index (χ0n) is 13.1. The first-order valence-electron chi connectivity index (χ1n) is 7.81. The number of hydrogen-bond acceptors (Lipinski definition) is 3. The Hall–Kier alpha value is -1.26. The molecule has 1 aliphatic rings. The van der Waals surface area contributed by atoms with Crippen molar-refractivity contribution in [3.63, 3.8) is 0 Å². The van der Waals surface area contributed by atoms with E-state index in [0.29, 0.717) is 11.9 Å². The van der Waals surface area contributed by atoms with E-state index in [-0.39, 0.29) is 0 Å². The summed E-state index contributed by atoms with van der Waals surface area (Å²) in [6, 6.07) is 8.16. The van der Waals surface area contributed by atoms with Gasteiger partial charge in [-0.2, -0.15) is 0 Å². The van der Waals surface area contributed by atoms with Crippen LogP contribution >= 0.6 is 11.8 Å². The molecule has 2 rings (SSSR count). The third kappa shape index (κ3) is 5.85. The Morgan fingerprint density at radius 2 is 2.23 bits per heavy atom. The predicted molar refractivity (Wildman–Crippen MR) is 92.3 cm³/mol. The maximum Gasteiger partial charge on any atom is 0.120 e. The minimum absolute atomic E-state index is 0.404. The highest BCUT2D eigenvalue weighted by Crippen LogP contribution is 2.31. The second-order valence-corrected chi connectivity index (χ2v) is 6.81. The van der Waals surface area contributed by atoms with Crippen LogP contribution in [0.1, 0.15) is 26.2 Å². The van der Waals surface area contributed by atoms with E-state index in [1.807, 2.05) is 30.8 Å². The third-order valence-corrected chi connectivity index (χ3v) is 4.96. The van der Waals surface area contributed by atoms with Gasteiger partial charge in [-0.15, -0.1) is 11.8 Å². The maximum atomic E-state index is 12.9. The third-order valence-electron chi connectivity index (χ3n) is 3.63. The molecule has 4 heteroatoms. The molecule has 0 bridgehead atoms. The lowest BCUT2D eigenvalue weighted by Gasteiger charge is -2.22.